The highest BCUT2D eigenvalue weighted by Gasteiger charge is 2.16. The summed E-state index contributed by atoms with van der Waals surface area (Å²) in [7, 11) is -2.26. The lowest BCUT2D eigenvalue weighted by Crippen LogP contribution is -2.34. The Morgan fingerprint density at radius 1 is 1.03 bits per heavy atom. The summed E-state index contributed by atoms with van der Waals surface area (Å²) in [5.41, 5.74) is 1.12. The van der Waals surface area contributed by atoms with Crippen LogP contribution in [0.5, 0.6) is 5.75 Å². The fraction of sp³-hybridized carbons (Fsp3) is 0.318. The van der Waals surface area contributed by atoms with E-state index in [2.05, 4.69) is 10.0 Å². The largest absolute Gasteiger partial charge is 0.495 e. The number of carbonyl (C=O) groups is 1. The van der Waals surface area contributed by atoms with Crippen molar-refractivity contribution < 1.29 is 17.9 Å². The van der Waals surface area contributed by atoms with Crippen molar-refractivity contribution in [3.63, 3.8) is 0 Å². The molecule has 0 spiro atoms. The molecule has 6 nitrogen and oxygen atoms in total. The monoisotopic (exact) mass is 414 g/mol. The predicted octanol–water partition coefficient (Wildman–Crippen LogP) is 3.96. The number of amides is 1. The first-order valence-corrected chi connectivity index (χ1v) is 11.2. The van der Waals surface area contributed by atoms with Crippen LogP contribution in [-0.4, -0.2) is 27.5 Å². The number of methoxy groups -OCH3 is 1. The highest BCUT2D eigenvalue weighted by Crippen LogP contribution is 2.26. The van der Waals surface area contributed by atoms with Gasteiger partial charge in [-0.3, -0.25) is 9.52 Å². The van der Waals surface area contributed by atoms with Gasteiger partial charge in [0.25, 0.3) is 10.0 Å². The van der Waals surface area contributed by atoms with Crippen molar-refractivity contribution >= 4 is 27.7 Å². The molecule has 2 aromatic carbocycles. The summed E-state index contributed by atoms with van der Waals surface area (Å²) in [4.78, 5) is 12.2. The third-order valence-electron chi connectivity index (χ3n) is 4.92. The van der Waals surface area contributed by atoms with Crippen LogP contribution in [0.2, 0.25) is 0 Å². The van der Waals surface area contributed by atoms with Gasteiger partial charge in [0.2, 0.25) is 5.91 Å². The molecule has 3 rings (SSSR count). The minimum absolute atomic E-state index is 0.119. The molecule has 0 aromatic heterocycles. The fourth-order valence-electron chi connectivity index (χ4n) is 3.36. The number of sulfonamides is 1. The summed E-state index contributed by atoms with van der Waals surface area (Å²) in [5, 5.41) is 3.02. The molecular weight excluding hydrogens is 388 g/mol. The molecule has 1 aliphatic carbocycles. The number of anilines is 1. The maximum absolute atomic E-state index is 12.6. The SMILES string of the molecule is COc1ccccc1NS(=O)(=O)c1ccc(/C=C/C(=O)NC2CCCCC2)cc1. The fourth-order valence-corrected chi connectivity index (χ4v) is 4.43. The van der Waals surface area contributed by atoms with Gasteiger partial charge in [0.05, 0.1) is 17.7 Å². The van der Waals surface area contributed by atoms with Gasteiger partial charge in [-0.15, -0.1) is 0 Å². The number of nitrogens with one attached hydrogen (secondary N) is 2. The molecule has 0 saturated heterocycles. The molecule has 2 aromatic rings. The molecule has 0 aliphatic heterocycles. The zero-order chi connectivity index (χ0) is 20.7. The number of ether oxygens (including phenoxy) is 1. The summed E-state index contributed by atoms with van der Waals surface area (Å²) in [6, 6.07) is 13.4. The second-order valence-corrected chi connectivity index (χ2v) is 8.73. The van der Waals surface area contributed by atoms with Gasteiger partial charge in [-0.05, 0) is 48.7 Å². The Morgan fingerprint density at radius 3 is 2.41 bits per heavy atom. The van der Waals surface area contributed by atoms with E-state index in [0.29, 0.717) is 11.4 Å². The van der Waals surface area contributed by atoms with E-state index in [4.69, 9.17) is 4.74 Å². The number of carbonyl (C=O) groups excluding carboxylic acids is 1. The Morgan fingerprint density at radius 2 is 1.72 bits per heavy atom. The highest BCUT2D eigenvalue weighted by molar-refractivity contribution is 7.92. The summed E-state index contributed by atoms with van der Waals surface area (Å²) >= 11 is 0. The standard InChI is InChI=1S/C22H26N2O4S/c1-28-21-10-6-5-9-20(21)24-29(26,27)19-14-11-17(12-15-19)13-16-22(25)23-18-7-3-2-4-8-18/h5-6,9-16,18,24H,2-4,7-8H2,1H3,(H,23,25)/b16-13+. The third-order valence-corrected chi connectivity index (χ3v) is 6.30. The highest BCUT2D eigenvalue weighted by atomic mass is 32.2. The van der Waals surface area contributed by atoms with Crippen LogP contribution in [0.25, 0.3) is 6.08 Å². The second-order valence-electron chi connectivity index (χ2n) is 7.05. The van der Waals surface area contributed by atoms with E-state index in [-0.39, 0.29) is 16.8 Å². The van der Waals surface area contributed by atoms with Crippen molar-refractivity contribution in [1.82, 2.24) is 5.32 Å². The molecule has 1 fully saturated rings. The minimum Gasteiger partial charge on any atom is -0.495 e. The molecule has 0 unspecified atom stereocenters. The van der Waals surface area contributed by atoms with E-state index >= 15 is 0 Å². The van der Waals surface area contributed by atoms with Crippen molar-refractivity contribution in [1.29, 1.82) is 0 Å². The van der Waals surface area contributed by atoms with E-state index in [1.54, 1.807) is 42.5 Å². The molecule has 7 heteroatoms. The van der Waals surface area contributed by atoms with E-state index in [9.17, 15) is 13.2 Å². The summed E-state index contributed by atoms with van der Waals surface area (Å²) in [5.74, 6) is 0.325. The summed E-state index contributed by atoms with van der Waals surface area (Å²) < 4.78 is 33.0. The lowest BCUT2D eigenvalue weighted by molar-refractivity contribution is -0.117. The maximum atomic E-state index is 12.6. The summed E-state index contributed by atoms with van der Waals surface area (Å²) in [6.45, 7) is 0. The first-order valence-electron chi connectivity index (χ1n) is 9.72. The van der Waals surface area contributed by atoms with Crippen molar-refractivity contribution in [2.75, 3.05) is 11.8 Å². The Kier molecular flexibility index (Phi) is 6.93. The molecule has 0 atom stereocenters. The molecule has 1 amide bonds. The van der Waals surface area contributed by atoms with Gasteiger partial charge in [-0.2, -0.15) is 0 Å². The average molecular weight is 415 g/mol. The number of para-hydroxylation sites is 2. The number of hydrogen-bond donors (Lipinski definition) is 2. The Hall–Kier alpha value is -2.80. The van der Waals surface area contributed by atoms with Crippen LogP contribution in [0.4, 0.5) is 5.69 Å². The van der Waals surface area contributed by atoms with E-state index in [0.717, 1.165) is 31.2 Å². The smallest absolute Gasteiger partial charge is 0.262 e. The number of hydrogen-bond acceptors (Lipinski definition) is 4. The van der Waals surface area contributed by atoms with E-state index < -0.39 is 10.0 Å². The lowest BCUT2D eigenvalue weighted by Gasteiger charge is -2.21. The second kappa shape index (κ2) is 9.60. The first kappa shape index (κ1) is 20.9. The van der Waals surface area contributed by atoms with Crippen LogP contribution in [0.15, 0.2) is 59.5 Å². The lowest BCUT2D eigenvalue weighted by atomic mass is 9.95. The number of benzene rings is 2. The summed E-state index contributed by atoms with van der Waals surface area (Å²) in [6.07, 6.45) is 8.80. The molecule has 0 bridgehead atoms. The molecule has 29 heavy (non-hydrogen) atoms. The quantitative estimate of drug-likeness (QED) is 0.672. The number of rotatable bonds is 7. The van der Waals surface area contributed by atoms with E-state index in [1.165, 1.54) is 31.7 Å². The Balaban J connectivity index is 1.63. The van der Waals surface area contributed by atoms with E-state index in [1.807, 2.05) is 0 Å². The molecular formula is C22H26N2O4S. The Labute approximate surface area is 172 Å². The van der Waals surface area contributed by atoms with Crippen LogP contribution in [0, 0.1) is 0 Å². The van der Waals surface area contributed by atoms with Crippen molar-refractivity contribution in [3.05, 3.63) is 60.2 Å². The maximum Gasteiger partial charge on any atom is 0.262 e. The molecule has 1 saturated carbocycles. The van der Waals surface area contributed by atoms with Crippen molar-refractivity contribution in [2.24, 2.45) is 0 Å². The third kappa shape index (κ3) is 5.84. The van der Waals surface area contributed by atoms with Gasteiger partial charge in [0.15, 0.2) is 0 Å². The van der Waals surface area contributed by atoms with Crippen LogP contribution in [0.1, 0.15) is 37.7 Å². The van der Waals surface area contributed by atoms with Crippen molar-refractivity contribution in [3.8, 4) is 5.75 Å². The topological polar surface area (TPSA) is 84.5 Å². The van der Waals surface area contributed by atoms with Crippen LogP contribution in [-0.2, 0) is 14.8 Å². The van der Waals surface area contributed by atoms with Crippen LogP contribution in [0.3, 0.4) is 0 Å². The van der Waals surface area contributed by atoms with Gasteiger partial charge in [-0.25, -0.2) is 8.42 Å². The van der Waals surface area contributed by atoms with Gasteiger partial charge >= 0.3 is 0 Å². The van der Waals surface area contributed by atoms with Crippen LogP contribution < -0.4 is 14.8 Å². The first-order chi connectivity index (χ1) is 14.0. The molecule has 2 N–H and O–H groups in total. The van der Waals surface area contributed by atoms with Gasteiger partial charge < -0.3 is 10.1 Å². The normalized spacial score (nSPS) is 15.2. The van der Waals surface area contributed by atoms with Gasteiger partial charge in [0.1, 0.15) is 5.75 Å². The molecule has 154 valence electrons. The van der Waals surface area contributed by atoms with Gasteiger partial charge in [0, 0.05) is 12.1 Å². The minimum atomic E-state index is -3.75. The van der Waals surface area contributed by atoms with Crippen molar-refractivity contribution in [2.45, 2.75) is 43.0 Å². The zero-order valence-corrected chi connectivity index (χ0v) is 17.2. The zero-order valence-electron chi connectivity index (χ0n) is 16.4. The van der Waals surface area contributed by atoms with Gasteiger partial charge in [-0.1, -0.05) is 43.5 Å². The average Bonchev–Trinajstić information content (AvgIpc) is 2.73. The Bertz CT molecular complexity index is 963. The molecule has 0 heterocycles. The molecule has 1 aliphatic rings. The molecule has 0 radical (unpaired) electrons. The predicted molar refractivity (Wildman–Crippen MR) is 114 cm³/mol. The van der Waals surface area contributed by atoms with Crippen LogP contribution >= 0.6 is 0 Å².